The second-order valence-electron chi connectivity index (χ2n) is 6.77. The lowest BCUT2D eigenvalue weighted by Gasteiger charge is -2.16. The largest absolute Gasteiger partial charge is 0.472 e. The first-order valence-corrected chi connectivity index (χ1v) is 9.09. The first-order valence-electron chi connectivity index (χ1n) is 9.09. The maximum atomic E-state index is 12.6. The molecule has 3 aromatic rings. The molecule has 1 aliphatic rings. The Morgan fingerprint density at radius 3 is 2.59 bits per heavy atom. The lowest BCUT2D eigenvalue weighted by molar-refractivity contribution is 0.0951. The lowest BCUT2D eigenvalue weighted by Crippen LogP contribution is -2.30. The summed E-state index contributed by atoms with van der Waals surface area (Å²) in [6, 6.07) is 15.9. The number of benzene rings is 2. The van der Waals surface area contributed by atoms with Crippen molar-refractivity contribution in [3.05, 3.63) is 88.9 Å². The second kappa shape index (κ2) is 7.90. The van der Waals surface area contributed by atoms with Gasteiger partial charge in [-0.2, -0.15) is 5.26 Å². The van der Waals surface area contributed by atoms with Gasteiger partial charge in [0, 0.05) is 36.4 Å². The molecule has 3 amide bonds. The molecular weight excluding hydrogens is 368 g/mol. The molecule has 0 saturated heterocycles. The van der Waals surface area contributed by atoms with Crippen LogP contribution >= 0.6 is 0 Å². The van der Waals surface area contributed by atoms with Crippen LogP contribution in [0.3, 0.4) is 0 Å². The minimum Gasteiger partial charge on any atom is -0.472 e. The number of furan rings is 1. The van der Waals surface area contributed by atoms with E-state index in [4.69, 9.17) is 9.68 Å². The summed E-state index contributed by atoms with van der Waals surface area (Å²) < 4.78 is 4.97. The average molecular weight is 386 g/mol. The number of nitrogens with one attached hydrogen (secondary N) is 2. The normalized spacial score (nSPS) is 12.2. The summed E-state index contributed by atoms with van der Waals surface area (Å²) in [4.78, 5) is 26.4. The van der Waals surface area contributed by atoms with Crippen molar-refractivity contribution in [1.82, 2.24) is 10.2 Å². The minimum atomic E-state index is -0.225. The Kier molecular flexibility index (Phi) is 4.99. The number of amides is 3. The van der Waals surface area contributed by atoms with E-state index in [-0.39, 0.29) is 11.9 Å². The van der Waals surface area contributed by atoms with Crippen LogP contribution in [0.4, 0.5) is 10.5 Å². The summed E-state index contributed by atoms with van der Waals surface area (Å²) in [6.45, 7) is 1.35. The fourth-order valence-corrected chi connectivity index (χ4v) is 3.19. The van der Waals surface area contributed by atoms with Crippen LogP contribution in [0.1, 0.15) is 32.6 Å². The number of anilines is 1. The summed E-state index contributed by atoms with van der Waals surface area (Å²) in [6.07, 6.45) is 3.14. The van der Waals surface area contributed by atoms with Crippen LogP contribution in [0.5, 0.6) is 0 Å². The molecule has 1 aliphatic heterocycles. The highest BCUT2D eigenvalue weighted by Gasteiger charge is 2.23. The Hall–Kier alpha value is -4.05. The van der Waals surface area contributed by atoms with E-state index in [1.54, 1.807) is 53.8 Å². The van der Waals surface area contributed by atoms with E-state index in [9.17, 15) is 9.59 Å². The van der Waals surface area contributed by atoms with Gasteiger partial charge in [-0.05, 0) is 53.6 Å². The minimum absolute atomic E-state index is 0.202. The zero-order chi connectivity index (χ0) is 20.2. The van der Waals surface area contributed by atoms with Crippen LogP contribution in [0, 0.1) is 11.3 Å². The molecule has 2 aromatic carbocycles. The number of hydrogen-bond donors (Lipinski definition) is 2. The average Bonchev–Trinajstić information content (AvgIpc) is 3.41. The van der Waals surface area contributed by atoms with Gasteiger partial charge in [-0.3, -0.25) is 4.79 Å². The Labute approximate surface area is 167 Å². The van der Waals surface area contributed by atoms with E-state index in [1.165, 1.54) is 0 Å². The molecule has 0 radical (unpaired) electrons. The van der Waals surface area contributed by atoms with Gasteiger partial charge in [0.2, 0.25) is 0 Å². The maximum Gasteiger partial charge on any atom is 0.322 e. The number of carbonyl (C=O) groups is 2. The summed E-state index contributed by atoms with van der Waals surface area (Å²) >= 11 is 0. The Balaban J connectivity index is 1.33. The van der Waals surface area contributed by atoms with Crippen LogP contribution in [0.25, 0.3) is 0 Å². The molecule has 29 heavy (non-hydrogen) atoms. The van der Waals surface area contributed by atoms with E-state index in [0.717, 1.165) is 16.7 Å². The summed E-state index contributed by atoms with van der Waals surface area (Å²) in [5.41, 5.74) is 4.62. The zero-order valence-corrected chi connectivity index (χ0v) is 15.5. The number of carbonyl (C=O) groups excluding carboxylic acids is 2. The third-order valence-corrected chi connectivity index (χ3v) is 4.78. The van der Waals surface area contributed by atoms with E-state index < -0.39 is 0 Å². The number of nitrogens with zero attached hydrogens (tertiary/aromatic N) is 2. The molecule has 2 heterocycles. The van der Waals surface area contributed by atoms with Gasteiger partial charge in [0.25, 0.3) is 5.91 Å². The Morgan fingerprint density at radius 2 is 1.86 bits per heavy atom. The summed E-state index contributed by atoms with van der Waals surface area (Å²) in [5.74, 6) is -0.202. The van der Waals surface area contributed by atoms with Crippen molar-refractivity contribution in [3.8, 4) is 6.07 Å². The van der Waals surface area contributed by atoms with Crippen LogP contribution in [-0.4, -0.2) is 16.8 Å². The maximum absolute atomic E-state index is 12.6. The zero-order valence-electron chi connectivity index (χ0n) is 15.5. The Bertz CT molecular complexity index is 1080. The topological polar surface area (TPSA) is 98.4 Å². The molecule has 2 N–H and O–H groups in total. The quantitative estimate of drug-likeness (QED) is 0.715. The number of fused-ring (bicyclic) bond motifs is 1. The van der Waals surface area contributed by atoms with Gasteiger partial charge in [-0.15, -0.1) is 0 Å². The van der Waals surface area contributed by atoms with Crippen molar-refractivity contribution < 1.29 is 14.0 Å². The molecule has 0 fully saturated rings. The molecule has 4 rings (SSSR count). The van der Waals surface area contributed by atoms with Crippen LogP contribution in [-0.2, 0) is 19.6 Å². The number of hydrogen-bond acceptors (Lipinski definition) is 4. The molecule has 0 aliphatic carbocycles. The van der Waals surface area contributed by atoms with Gasteiger partial charge in [0.1, 0.15) is 0 Å². The number of rotatable bonds is 4. The van der Waals surface area contributed by atoms with Crippen LogP contribution < -0.4 is 10.6 Å². The smallest absolute Gasteiger partial charge is 0.322 e. The van der Waals surface area contributed by atoms with Gasteiger partial charge in [0.15, 0.2) is 0 Å². The fraction of sp³-hybridized carbons (Fsp3) is 0.136. The van der Waals surface area contributed by atoms with Crippen molar-refractivity contribution in [2.75, 3.05) is 5.32 Å². The predicted molar refractivity (Wildman–Crippen MR) is 106 cm³/mol. The van der Waals surface area contributed by atoms with Gasteiger partial charge < -0.3 is 20.0 Å². The monoisotopic (exact) mass is 386 g/mol. The van der Waals surface area contributed by atoms with Crippen LogP contribution in [0.2, 0.25) is 0 Å². The SMILES string of the molecule is N#Cc1ccc2c(c1)CN(C(=O)Nc1ccc(C(=O)NCc3ccoc3)cc1)C2. The molecule has 0 unspecified atom stereocenters. The first kappa shape index (κ1) is 18.3. The predicted octanol–water partition coefficient (Wildman–Crippen LogP) is 3.63. The standard InChI is InChI=1S/C22H18N4O3/c23-10-15-1-2-18-12-26(13-19(18)9-15)22(28)25-20-5-3-17(4-6-20)21(27)24-11-16-7-8-29-14-16/h1-9,14H,11-13H2,(H,24,27)(H,25,28). The van der Waals surface area contributed by atoms with Crippen molar-refractivity contribution in [2.24, 2.45) is 0 Å². The summed E-state index contributed by atoms with van der Waals surface area (Å²) in [7, 11) is 0. The van der Waals surface area contributed by atoms with E-state index in [0.29, 0.717) is 36.4 Å². The molecule has 144 valence electrons. The third-order valence-electron chi connectivity index (χ3n) is 4.78. The highest BCUT2D eigenvalue weighted by molar-refractivity contribution is 5.95. The van der Waals surface area contributed by atoms with Gasteiger partial charge in [0.05, 0.1) is 24.2 Å². The molecular formula is C22H18N4O3. The third kappa shape index (κ3) is 4.12. The lowest BCUT2D eigenvalue weighted by atomic mass is 10.1. The van der Waals surface area contributed by atoms with Gasteiger partial charge in [-0.1, -0.05) is 6.07 Å². The molecule has 7 heteroatoms. The first-order chi connectivity index (χ1) is 14.1. The van der Waals surface area contributed by atoms with Crippen molar-refractivity contribution >= 4 is 17.6 Å². The van der Waals surface area contributed by atoms with Crippen molar-refractivity contribution in [1.29, 1.82) is 5.26 Å². The highest BCUT2D eigenvalue weighted by atomic mass is 16.3. The molecule has 0 bridgehead atoms. The molecule has 0 spiro atoms. The van der Waals surface area contributed by atoms with Gasteiger partial charge in [-0.25, -0.2) is 4.79 Å². The van der Waals surface area contributed by atoms with Crippen LogP contribution in [0.15, 0.2) is 65.5 Å². The second-order valence-corrected chi connectivity index (χ2v) is 6.77. The Morgan fingerprint density at radius 1 is 1.07 bits per heavy atom. The van der Waals surface area contributed by atoms with E-state index in [2.05, 4.69) is 16.7 Å². The van der Waals surface area contributed by atoms with E-state index in [1.807, 2.05) is 12.1 Å². The fourth-order valence-electron chi connectivity index (χ4n) is 3.19. The summed E-state index contributed by atoms with van der Waals surface area (Å²) in [5, 5.41) is 14.7. The molecule has 1 aromatic heterocycles. The van der Waals surface area contributed by atoms with E-state index >= 15 is 0 Å². The number of nitriles is 1. The van der Waals surface area contributed by atoms with Crippen molar-refractivity contribution in [2.45, 2.75) is 19.6 Å². The van der Waals surface area contributed by atoms with Crippen molar-refractivity contribution in [3.63, 3.8) is 0 Å². The molecule has 0 atom stereocenters. The number of urea groups is 1. The highest BCUT2D eigenvalue weighted by Crippen LogP contribution is 2.24. The molecule has 7 nitrogen and oxygen atoms in total. The molecule has 0 saturated carbocycles. The van der Waals surface area contributed by atoms with Gasteiger partial charge >= 0.3 is 6.03 Å².